The monoisotopic (exact) mass is 569 g/mol. The normalized spacial score (nSPS) is 14.9. The first kappa shape index (κ1) is 27.3. The number of thiazole rings is 1. The first-order chi connectivity index (χ1) is 17.2. The van der Waals surface area contributed by atoms with E-state index in [0.29, 0.717) is 21.7 Å². The van der Waals surface area contributed by atoms with Gasteiger partial charge in [-0.15, -0.1) is 0 Å². The first-order valence-electron chi connectivity index (χ1n) is 11.9. The third-order valence-corrected chi connectivity index (χ3v) is 9.76. The molecule has 1 fully saturated rings. The van der Waals surface area contributed by atoms with Crippen molar-refractivity contribution in [2.24, 2.45) is 0 Å². The fourth-order valence-corrected chi connectivity index (χ4v) is 6.92. The number of ether oxygens (including phenoxy) is 1. The Morgan fingerprint density at radius 3 is 2.53 bits per heavy atom. The molecule has 0 N–H and O–H groups in total. The molecule has 4 rings (SSSR count). The average Bonchev–Trinajstić information content (AvgIpc) is 3.31. The molecule has 1 saturated heterocycles. The minimum atomic E-state index is -3.50. The summed E-state index contributed by atoms with van der Waals surface area (Å²) in [6, 6.07) is 9.84. The van der Waals surface area contributed by atoms with Gasteiger partial charge in [-0.1, -0.05) is 40.6 Å². The second-order valence-electron chi connectivity index (χ2n) is 8.77. The zero-order chi connectivity index (χ0) is 25.7. The predicted molar refractivity (Wildman–Crippen MR) is 146 cm³/mol. The van der Waals surface area contributed by atoms with Gasteiger partial charge in [0, 0.05) is 37.6 Å². The maximum Gasteiger partial charge on any atom is 0.228 e. The van der Waals surface area contributed by atoms with Gasteiger partial charge in [-0.05, 0) is 55.7 Å². The molecule has 0 bridgehead atoms. The van der Waals surface area contributed by atoms with Gasteiger partial charge < -0.3 is 4.74 Å². The Balaban J connectivity index is 1.46. The molecule has 2 aromatic carbocycles. The Labute approximate surface area is 225 Å². The molecule has 0 radical (unpaired) electrons. The van der Waals surface area contributed by atoms with Crippen LogP contribution in [0.3, 0.4) is 0 Å². The van der Waals surface area contributed by atoms with Crippen molar-refractivity contribution < 1.29 is 17.9 Å². The smallest absolute Gasteiger partial charge is 0.228 e. The fourth-order valence-electron chi connectivity index (χ4n) is 4.12. The highest BCUT2D eigenvalue weighted by molar-refractivity contribution is 7.91. The molecule has 11 heteroatoms. The molecule has 194 valence electrons. The van der Waals surface area contributed by atoms with Crippen LogP contribution >= 0.6 is 34.5 Å². The molecule has 0 atom stereocenters. The molecule has 7 nitrogen and oxygen atoms in total. The number of aromatic nitrogens is 1. The van der Waals surface area contributed by atoms with Crippen LogP contribution in [-0.2, 0) is 19.4 Å². The van der Waals surface area contributed by atoms with E-state index in [0.717, 1.165) is 55.0 Å². The van der Waals surface area contributed by atoms with E-state index in [1.54, 1.807) is 17.0 Å². The molecule has 3 aromatic rings. The molecule has 2 heterocycles. The molecule has 1 aliphatic heterocycles. The summed E-state index contributed by atoms with van der Waals surface area (Å²) in [5, 5.41) is 1.67. The number of carbonyl (C=O) groups is 1. The summed E-state index contributed by atoms with van der Waals surface area (Å²) in [5.41, 5.74) is 1.78. The van der Waals surface area contributed by atoms with Crippen LogP contribution in [0.1, 0.15) is 24.8 Å². The van der Waals surface area contributed by atoms with Crippen LogP contribution in [0.2, 0.25) is 10.0 Å². The van der Waals surface area contributed by atoms with Crippen LogP contribution in [0.15, 0.2) is 41.3 Å². The third-order valence-electron chi connectivity index (χ3n) is 6.15. The van der Waals surface area contributed by atoms with Gasteiger partial charge in [0.15, 0.2) is 15.0 Å². The number of halogens is 2. The number of sulfone groups is 1. The highest BCUT2D eigenvalue weighted by Crippen LogP contribution is 2.36. The lowest BCUT2D eigenvalue weighted by Crippen LogP contribution is -2.39. The van der Waals surface area contributed by atoms with E-state index in [1.807, 2.05) is 19.1 Å². The Morgan fingerprint density at radius 1 is 1.11 bits per heavy atom. The molecule has 0 unspecified atom stereocenters. The number of rotatable bonds is 10. The predicted octanol–water partition coefficient (Wildman–Crippen LogP) is 5.22. The summed E-state index contributed by atoms with van der Waals surface area (Å²) in [6.07, 6.45) is 1.10. The van der Waals surface area contributed by atoms with Crippen molar-refractivity contribution in [1.29, 1.82) is 0 Å². The SMILES string of the molecule is Cc1ccc(Cl)c2sc(N(CCCN3CCOCC3)C(=O)CCCS(=O)(=O)c3ccc(Cl)cc3)nc12. The van der Waals surface area contributed by atoms with E-state index in [2.05, 4.69) is 4.90 Å². The van der Waals surface area contributed by atoms with Crippen LogP contribution in [0.5, 0.6) is 0 Å². The number of anilines is 1. The van der Waals surface area contributed by atoms with Crippen molar-refractivity contribution >= 4 is 65.6 Å². The van der Waals surface area contributed by atoms with Gasteiger partial charge in [-0.2, -0.15) is 0 Å². The number of morpholine rings is 1. The molecule has 1 aliphatic rings. The molecule has 0 saturated carbocycles. The second-order valence-corrected chi connectivity index (χ2v) is 12.7. The topological polar surface area (TPSA) is 79.8 Å². The second kappa shape index (κ2) is 12.2. The Hall–Kier alpha value is -1.75. The van der Waals surface area contributed by atoms with Crippen molar-refractivity contribution in [1.82, 2.24) is 9.88 Å². The van der Waals surface area contributed by atoms with E-state index in [9.17, 15) is 13.2 Å². The van der Waals surface area contributed by atoms with Gasteiger partial charge in [0.05, 0.1) is 39.1 Å². The van der Waals surface area contributed by atoms with Crippen LogP contribution in [0, 0.1) is 6.92 Å². The fraction of sp³-hybridized carbons (Fsp3) is 0.440. The lowest BCUT2D eigenvalue weighted by atomic mass is 10.2. The molecule has 1 aromatic heterocycles. The lowest BCUT2D eigenvalue weighted by molar-refractivity contribution is -0.118. The Kier molecular flexibility index (Phi) is 9.24. The van der Waals surface area contributed by atoms with Crippen LogP contribution in [0.25, 0.3) is 10.2 Å². The van der Waals surface area contributed by atoms with Crippen molar-refractivity contribution in [3.8, 4) is 0 Å². The maximum atomic E-state index is 13.4. The Morgan fingerprint density at radius 2 is 1.83 bits per heavy atom. The van der Waals surface area contributed by atoms with Crippen LogP contribution in [0.4, 0.5) is 5.13 Å². The summed E-state index contributed by atoms with van der Waals surface area (Å²) in [7, 11) is -3.50. The summed E-state index contributed by atoms with van der Waals surface area (Å²) in [5.74, 6) is -0.261. The average molecular weight is 571 g/mol. The summed E-state index contributed by atoms with van der Waals surface area (Å²) >= 11 is 13.7. The van der Waals surface area contributed by atoms with Crippen molar-refractivity contribution in [2.75, 3.05) is 50.0 Å². The maximum absolute atomic E-state index is 13.4. The van der Waals surface area contributed by atoms with Gasteiger partial charge in [0.25, 0.3) is 0 Å². The van der Waals surface area contributed by atoms with Gasteiger partial charge in [0.2, 0.25) is 5.91 Å². The van der Waals surface area contributed by atoms with E-state index >= 15 is 0 Å². The van der Waals surface area contributed by atoms with E-state index in [1.165, 1.54) is 23.5 Å². The number of benzene rings is 2. The molecule has 0 spiro atoms. The highest BCUT2D eigenvalue weighted by atomic mass is 35.5. The first-order valence-corrected chi connectivity index (χ1v) is 15.1. The van der Waals surface area contributed by atoms with Crippen molar-refractivity contribution in [3.05, 3.63) is 52.0 Å². The lowest BCUT2D eigenvalue weighted by Gasteiger charge is -2.27. The van der Waals surface area contributed by atoms with Gasteiger partial charge in [0.1, 0.15) is 0 Å². The standard InChI is InChI=1S/C25H29Cl2N3O4S2/c1-18-5-10-21(27)24-23(18)28-25(35-24)30(12-3-11-29-13-15-34-16-14-29)22(31)4-2-17-36(32,33)20-8-6-19(26)7-9-20/h5-10H,2-4,11-17H2,1H3. The molecular formula is C25H29Cl2N3O4S2. The van der Waals surface area contributed by atoms with E-state index in [-0.39, 0.29) is 29.4 Å². The van der Waals surface area contributed by atoms with E-state index < -0.39 is 9.84 Å². The van der Waals surface area contributed by atoms with Gasteiger partial charge >= 0.3 is 0 Å². The number of nitrogens with zero attached hydrogens (tertiary/aromatic N) is 3. The number of amides is 1. The summed E-state index contributed by atoms with van der Waals surface area (Å²) in [4.78, 5) is 22.3. The van der Waals surface area contributed by atoms with Crippen LogP contribution in [-0.4, -0.2) is 69.4 Å². The minimum absolute atomic E-state index is 0.104. The number of aryl methyl sites for hydroxylation is 1. The van der Waals surface area contributed by atoms with Crippen LogP contribution < -0.4 is 4.90 Å². The number of hydrogen-bond acceptors (Lipinski definition) is 7. The molecular weight excluding hydrogens is 541 g/mol. The molecule has 1 amide bonds. The third kappa shape index (κ3) is 6.76. The largest absolute Gasteiger partial charge is 0.379 e. The Bertz CT molecular complexity index is 1270. The van der Waals surface area contributed by atoms with Gasteiger partial charge in [-0.25, -0.2) is 13.4 Å². The zero-order valence-electron chi connectivity index (χ0n) is 20.1. The molecule has 36 heavy (non-hydrogen) atoms. The van der Waals surface area contributed by atoms with Crippen molar-refractivity contribution in [3.63, 3.8) is 0 Å². The van der Waals surface area contributed by atoms with Crippen molar-refractivity contribution in [2.45, 2.75) is 31.1 Å². The zero-order valence-corrected chi connectivity index (χ0v) is 23.2. The summed E-state index contributed by atoms with van der Waals surface area (Å²) < 4.78 is 31.7. The van der Waals surface area contributed by atoms with Gasteiger partial charge in [-0.3, -0.25) is 14.6 Å². The number of hydrogen-bond donors (Lipinski definition) is 0. The molecule has 0 aliphatic carbocycles. The number of fused-ring (bicyclic) bond motifs is 1. The quantitative estimate of drug-likeness (QED) is 0.333. The summed E-state index contributed by atoms with van der Waals surface area (Å²) in [6.45, 7) is 6.52. The highest BCUT2D eigenvalue weighted by Gasteiger charge is 2.23. The minimum Gasteiger partial charge on any atom is -0.379 e. The number of carbonyl (C=O) groups excluding carboxylic acids is 1. The van der Waals surface area contributed by atoms with E-state index in [4.69, 9.17) is 32.9 Å².